The topological polar surface area (TPSA) is 192 Å². The molecular weight excluding hydrogens is 947 g/mol. The summed E-state index contributed by atoms with van der Waals surface area (Å²) in [6.07, 6.45) is 5.70. The fourth-order valence-corrected chi connectivity index (χ4v) is 11.0. The van der Waals surface area contributed by atoms with Crippen LogP contribution in [-0.2, 0) is 44.5 Å². The molecule has 8 bridgehead atoms. The number of carbonyl (C=O) groups is 5. The van der Waals surface area contributed by atoms with Gasteiger partial charge in [-0.3, -0.25) is 29.0 Å². The summed E-state index contributed by atoms with van der Waals surface area (Å²) in [5.41, 5.74) is 9.97. The van der Waals surface area contributed by atoms with Gasteiger partial charge >= 0.3 is 17.9 Å². The molecule has 0 aromatic carbocycles. The van der Waals surface area contributed by atoms with Crippen molar-refractivity contribution in [3.63, 3.8) is 0 Å². The van der Waals surface area contributed by atoms with E-state index in [-0.39, 0.29) is 81.0 Å². The second kappa shape index (κ2) is 23.7. The van der Waals surface area contributed by atoms with Crippen LogP contribution in [-0.4, -0.2) is 78.5 Å². The van der Waals surface area contributed by atoms with Gasteiger partial charge in [0, 0.05) is 95.0 Å². The number of ether oxygens (including phenoxy) is 4. The number of aromatic amines is 2. The molecule has 0 fully saturated rings. The number of carbonyl (C=O) groups excluding carboxylic acids is 5. The van der Waals surface area contributed by atoms with E-state index >= 15 is 0 Å². The standard InChI is InChI=1S/C61H87N5O9/c1-17-19-20-21-30-72-39(7)54-37(5)45-32-44-36(4)41(56(64-44)42-31-49(67)55-38(6)46(65-57(42)55)33-47-40(18-2)35(3)43(62-47)34-48(54)63-45)22-23-50(68)66-61(27-24-51(69)73-58(8,9)10,28-25-52(70)74-59(11,12)13)29-26-53(71)75-60(14,15)16/h32-34,36,39,41,63,65H,17-31H2,1-16H3,(H,66,68)/t36-,39?,41-/m0/s1. The number of ketones is 1. The molecule has 1 amide bonds. The molecule has 14 heteroatoms. The summed E-state index contributed by atoms with van der Waals surface area (Å²) in [5, 5.41) is 3.27. The third kappa shape index (κ3) is 14.9. The average Bonchev–Trinajstić information content (AvgIpc) is 4.06. The van der Waals surface area contributed by atoms with Crippen molar-refractivity contribution in [3.8, 4) is 0 Å². The molecule has 0 saturated carbocycles. The largest absolute Gasteiger partial charge is 0.460 e. The van der Waals surface area contributed by atoms with Crippen LogP contribution in [0.4, 0.5) is 0 Å². The highest BCUT2D eigenvalue weighted by Crippen LogP contribution is 2.45. The maximum atomic E-state index is 14.7. The van der Waals surface area contributed by atoms with E-state index in [1.807, 2.05) is 6.92 Å². The Morgan fingerprint density at radius 2 is 1.28 bits per heavy atom. The highest BCUT2D eigenvalue weighted by atomic mass is 16.6. The number of amides is 1. The third-order valence-corrected chi connectivity index (χ3v) is 14.7. The molecule has 2 aliphatic heterocycles. The van der Waals surface area contributed by atoms with E-state index in [1.165, 1.54) is 6.42 Å². The summed E-state index contributed by atoms with van der Waals surface area (Å²) < 4.78 is 23.7. The Morgan fingerprint density at radius 3 is 1.83 bits per heavy atom. The molecule has 6 rings (SSSR count). The lowest BCUT2D eigenvalue weighted by Gasteiger charge is -2.36. The number of hydrogen-bond acceptors (Lipinski definition) is 11. The minimum atomic E-state index is -1.19. The second-order valence-electron chi connectivity index (χ2n) is 24.3. The maximum absolute atomic E-state index is 14.7. The Labute approximate surface area is 445 Å². The van der Waals surface area contributed by atoms with Gasteiger partial charge in [-0.05, 0) is 169 Å². The van der Waals surface area contributed by atoms with Gasteiger partial charge in [0.25, 0.3) is 0 Å². The molecule has 3 aromatic heterocycles. The minimum Gasteiger partial charge on any atom is -0.460 e. The zero-order chi connectivity index (χ0) is 55.4. The Morgan fingerprint density at radius 1 is 0.720 bits per heavy atom. The SMILES string of the molecule is CCCCCCOC(C)c1c(C)c2cc3nc(c4c5[nH]c(cc6nc(cc1[nH]2)C(C)=C6CC)c(C)c5C(=O)C4)[C@@H](CCC(=O)NC(CCC(=O)OC(C)(C)C)(CCC(=O)OC(C)(C)C)CCC(=O)OC(C)(C)C)[C@@H]3C. The van der Waals surface area contributed by atoms with Gasteiger partial charge in [0.2, 0.25) is 5.91 Å². The second-order valence-corrected chi connectivity index (χ2v) is 24.3. The maximum Gasteiger partial charge on any atom is 0.306 e. The van der Waals surface area contributed by atoms with Gasteiger partial charge < -0.3 is 34.2 Å². The highest BCUT2D eigenvalue weighted by Gasteiger charge is 2.39. The number of rotatable bonds is 21. The van der Waals surface area contributed by atoms with Gasteiger partial charge in [0.1, 0.15) is 16.8 Å². The van der Waals surface area contributed by atoms with Gasteiger partial charge in [-0.15, -0.1) is 0 Å². The molecule has 1 aliphatic carbocycles. The molecule has 75 heavy (non-hydrogen) atoms. The van der Waals surface area contributed by atoms with Gasteiger partial charge in [-0.25, -0.2) is 4.98 Å². The number of aromatic nitrogens is 4. The lowest BCUT2D eigenvalue weighted by atomic mass is 9.82. The van der Waals surface area contributed by atoms with Crippen LogP contribution in [0.3, 0.4) is 0 Å². The zero-order valence-electron chi connectivity index (χ0n) is 48.1. The van der Waals surface area contributed by atoms with Crippen molar-refractivity contribution in [2.75, 3.05) is 6.61 Å². The van der Waals surface area contributed by atoms with E-state index in [9.17, 15) is 24.0 Å². The molecule has 5 heterocycles. The van der Waals surface area contributed by atoms with Crippen molar-refractivity contribution < 1.29 is 42.9 Å². The fourth-order valence-electron chi connectivity index (χ4n) is 11.0. The molecule has 0 saturated heterocycles. The quantitative estimate of drug-likeness (QED) is 0.0522. The predicted molar refractivity (Wildman–Crippen MR) is 296 cm³/mol. The number of aryl methyl sites for hydroxylation is 2. The number of nitrogens with one attached hydrogen (secondary N) is 3. The summed E-state index contributed by atoms with van der Waals surface area (Å²) in [6.45, 7) is 31.6. The first-order valence-electron chi connectivity index (χ1n) is 27.6. The van der Waals surface area contributed by atoms with E-state index in [0.717, 1.165) is 104 Å². The van der Waals surface area contributed by atoms with Gasteiger partial charge in [-0.1, -0.05) is 40.0 Å². The van der Waals surface area contributed by atoms with Crippen LogP contribution in [0, 0.1) is 13.8 Å². The first-order valence-corrected chi connectivity index (χ1v) is 27.6. The summed E-state index contributed by atoms with van der Waals surface area (Å²) in [7, 11) is 0. The number of H-pyrrole nitrogens is 2. The highest BCUT2D eigenvalue weighted by molar-refractivity contribution is 6.13. The summed E-state index contributed by atoms with van der Waals surface area (Å²) in [5.74, 6) is -2.14. The predicted octanol–water partition coefficient (Wildman–Crippen LogP) is 13.6. The first kappa shape index (κ1) is 58.6. The van der Waals surface area contributed by atoms with Crippen LogP contribution in [0.1, 0.15) is 254 Å². The van der Waals surface area contributed by atoms with Gasteiger partial charge in [0.05, 0.1) is 28.7 Å². The lowest BCUT2D eigenvalue weighted by molar-refractivity contribution is -0.155. The van der Waals surface area contributed by atoms with E-state index in [0.29, 0.717) is 18.6 Å². The van der Waals surface area contributed by atoms with E-state index in [4.69, 9.17) is 28.9 Å². The Hall–Kier alpha value is -5.63. The molecule has 14 nitrogen and oxygen atoms in total. The third-order valence-electron chi connectivity index (χ3n) is 14.7. The van der Waals surface area contributed by atoms with E-state index < -0.39 is 40.2 Å². The van der Waals surface area contributed by atoms with Crippen LogP contribution >= 0.6 is 0 Å². The Bertz CT molecular complexity index is 2770. The van der Waals surface area contributed by atoms with Gasteiger partial charge in [-0.2, -0.15) is 0 Å². The number of esters is 3. The molecule has 3 aliphatic rings. The summed E-state index contributed by atoms with van der Waals surface area (Å²) in [4.78, 5) is 87.0. The van der Waals surface area contributed by atoms with E-state index in [1.54, 1.807) is 62.3 Å². The van der Waals surface area contributed by atoms with E-state index in [2.05, 4.69) is 75.0 Å². The van der Waals surface area contributed by atoms with Crippen LogP contribution in [0.15, 0.2) is 18.2 Å². The van der Waals surface area contributed by atoms with Crippen molar-refractivity contribution in [2.45, 2.75) is 241 Å². The normalized spacial score (nSPS) is 16.3. The lowest BCUT2D eigenvalue weighted by Crippen LogP contribution is -2.50. The summed E-state index contributed by atoms with van der Waals surface area (Å²) >= 11 is 0. The molecular formula is C61H87N5O9. The number of allylic oxidation sites excluding steroid dienone is 2. The van der Waals surface area contributed by atoms with Crippen molar-refractivity contribution in [1.29, 1.82) is 0 Å². The molecule has 1 unspecified atom stereocenters. The number of hydrogen-bond donors (Lipinski definition) is 3. The smallest absolute Gasteiger partial charge is 0.306 e. The molecule has 410 valence electrons. The Balaban J connectivity index is 1.45. The first-order chi connectivity index (χ1) is 35.0. The van der Waals surface area contributed by atoms with Crippen LogP contribution in [0.25, 0.3) is 33.2 Å². The monoisotopic (exact) mass is 1030 g/mol. The molecule has 3 aromatic rings. The molecule has 3 atom stereocenters. The number of unbranched alkanes of at least 4 members (excludes halogenated alkanes) is 3. The van der Waals surface area contributed by atoms with Crippen LogP contribution < -0.4 is 5.32 Å². The van der Waals surface area contributed by atoms with Crippen molar-refractivity contribution >= 4 is 62.8 Å². The summed E-state index contributed by atoms with van der Waals surface area (Å²) in [6, 6.07) is 6.31. The van der Waals surface area contributed by atoms with Crippen LogP contribution in [0.2, 0.25) is 0 Å². The average molecular weight is 1030 g/mol. The Kier molecular flexibility index (Phi) is 18.5. The zero-order valence-corrected chi connectivity index (χ0v) is 48.1. The molecule has 0 spiro atoms. The number of Topliss-reactive ketones (excluding diaryl/α,β-unsaturated/α-hetero) is 1. The van der Waals surface area contributed by atoms with Crippen molar-refractivity contribution in [2.24, 2.45) is 0 Å². The molecule has 3 N–H and O–H groups in total. The molecule has 0 radical (unpaired) electrons. The number of fused-ring (bicyclic) bond motifs is 8. The van der Waals surface area contributed by atoms with Crippen molar-refractivity contribution in [3.05, 3.63) is 68.8 Å². The number of nitrogens with zero attached hydrogens (tertiary/aromatic N) is 2. The minimum absolute atomic E-state index is 0.0121. The van der Waals surface area contributed by atoms with Gasteiger partial charge in [0.15, 0.2) is 5.78 Å². The fraction of sp³-hybridized carbons (Fsp3) is 0.623. The van der Waals surface area contributed by atoms with Crippen molar-refractivity contribution in [1.82, 2.24) is 25.3 Å². The van der Waals surface area contributed by atoms with Crippen LogP contribution in [0.5, 0.6) is 0 Å².